The number of ether oxygens (including phenoxy) is 3. The minimum atomic E-state index is -0.321. The number of carbonyl (C=O) groups excluding carboxylic acids is 1. The third kappa shape index (κ3) is 3.31. The molecule has 4 nitrogen and oxygen atoms in total. The Morgan fingerprint density at radius 1 is 1.28 bits per heavy atom. The van der Waals surface area contributed by atoms with Crippen molar-refractivity contribution in [2.45, 2.75) is 77.0 Å². The highest BCUT2D eigenvalue weighted by Crippen LogP contribution is 2.29. The topological polar surface area (TPSA) is 44.8 Å². The maximum Gasteiger partial charge on any atom is 0.166 e. The summed E-state index contributed by atoms with van der Waals surface area (Å²) in [6.45, 7) is 6.82. The molecule has 1 aliphatic carbocycles. The van der Waals surface area contributed by atoms with Gasteiger partial charge in [-0.05, 0) is 33.1 Å². The first-order valence-electron chi connectivity index (χ1n) is 7.05. The average molecular weight is 256 g/mol. The third-order valence-electron chi connectivity index (χ3n) is 3.58. The van der Waals surface area contributed by atoms with Gasteiger partial charge in [0.15, 0.2) is 5.78 Å². The Hall–Kier alpha value is -0.450. The highest BCUT2D eigenvalue weighted by molar-refractivity contribution is 5.90. The molecule has 18 heavy (non-hydrogen) atoms. The number of rotatable bonds is 5. The molecule has 0 N–H and O–H groups in total. The molecule has 0 aromatic rings. The van der Waals surface area contributed by atoms with Crippen molar-refractivity contribution in [3.8, 4) is 0 Å². The molecular formula is C14H24O4. The minimum Gasteiger partial charge on any atom is -0.375 e. The first-order valence-corrected chi connectivity index (χ1v) is 7.05. The molecule has 0 bridgehead atoms. The lowest BCUT2D eigenvalue weighted by atomic mass is 9.89. The van der Waals surface area contributed by atoms with Crippen LogP contribution in [-0.2, 0) is 19.0 Å². The van der Waals surface area contributed by atoms with Crippen LogP contribution in [0.15, 0.2) is 0 Å². The van der Waals surface area contributed by atoms with E-state index in [0.29, 0.717) is 13.0 Å². The number of carbonyl (C=O) groups is 1. The molecule has 2 rings (SSSR count). The maximum atomic E-state index is 11.5. The fourth-order valence-electron chi connectivity index (χ4n) is 2.74. The van der Waals surface area contributed by atoms with Crippen molar-refractivity contribution in [1.82, 2.24) is 0 Å². The van der Waals surface area contributed by atoms with Crippen LogP contribution >= 0.6 is 0 Å². The van der Waals surface area contributed by atoms with Gasteiger partial charge in [-0.25, -0.2) is 0 Å². The van der Waals surface area contributed by atoms with Crippen LogP contribution < -0.4 is 0 Å². The third-order valence-corrected chi connectivity index (χ3v) is 3.58. The van der Waals surface area contributed by atoms with E-state index in [0.717, 1.165) is 19.3 Å². The summed E-state index contributed by atoms with van der Waals surface area (Å²) >= 11 is 0. The van der Waals surface area contributed by atoms with Gasteiger partial charge in [0.05, 0.1) is 24.4 Å². The quantitative estimate of drug-likeness (QED) is 0.755. The zero-order valence-corrected chi connectivity index (χ0v) is 11.6. The maximum absolute atomic E-state index is 11.5. The molecule has 104 valence electrons. The monoisotopic (exact) mass is 256 g/mol. The van der Waals surface area contributed by atoms with Crippen molar-refractivity contribution in [3.05, 3.63) is 0 Å². The SMILES string of the molecule is CCCOC1C(=O)CC1OC1CC(C)OC(C)C1. The van der Waals surface area contributed by atoms with Crippen LogP contribution in [0.4, 0.5) is 0 Å². The summed E-state index contributed by atoms with van der Waals surface area (Å²) in [7, 11) is 0. The molecular weight excluding hydrogens is 232 g/mol. The van der Waals surface area contributed by atoms with E-state index in [-0.39, 0.29) is 36.3 Å². The average Bonchev–Trinajstić information content (AvgIpc) is 2.27. The molecule has 0 amide bonds. The summed E-state index contributed by atoms with van der Waals surface area (Å²) in [5, 5.41) is 0. The first kappa shape index (κ1) is 14.0. The second-order valence-corrected chi connectivity index (χ2v) is 5.49. The van der Waals surface area contributed by atoms with E-state index in [4.69, 9.17) is 14.2 Å². The van der Waals surface area contributed by atoms with Crippen LogP contribution in [0.25, 0.3) is 0 Å². The molecule has 2 aliphatic rings. The van der Waals surface area contributed by atoms with Crippen LogP contribution in [0.3, 0.4) is 0 Å². The molecule has 0 aromatic heterocycles. The first-order chi connectivity index (χ1) is 8.60. The largest absolute Gasteiger partial charge is 0.375 e. The van der Waals surface area contributed by atoms with Gasteiger partial charge in [-0.15, -0.1) is 0 Å². The van der Waals surface area contributed by atoms with Gasteiger partial charge in [-0.2, -0.15) is 0 Å². The van der Waals surface area contributed by atoms with E-state index in [1.807, 2.05) is 6.92 Å². The van der Waals surface area contributed by atoms with E-state index >= 15 is 0 Å². The molecule has 0 radical (unpaired) electrons. The van der Waals surface area contributed by atoms with Crippen LogP contribution in [0.2, 0.25) is 0 Å². The predicted molar refractivity (Wildman–Crippen MR) is 67.6 cm³/mol. The van der Waals surface area contributed by atoms with Crippen molar-refractivity contribution in [1.29, 1.82) is 0 Å². The number of hydrogen-bond donors (Lipinski definition) is 0. The summed E-state index contributed by atoms with van der Waals surface area (Å²) in [5.74, 6) is 0.182. The smallest absolute Gasteiger partial charge is 0.166 e. The minimum absolute atomic E-state index is 0.0356. The van der Waals surface area contributed by atoms with E-state index in [1.54, 1.807) is 0 Å². The fourth-order valence-corrected chi connectivity index (χ4v) is 2.74. The highest BCUT2D eigenvalue weighted by atomic mass is 16.6. The fraction of sp³-hybridized carbons (Fsp3) is 0.929. The van der Waals surface area contributed by atoms with Gasteiger partial charge < -0.3 is 14.2 Å². The van der Waals surface area contributed by atoms with Crippen LogP contribution in [-0.4, -0.2) is 42.9 Å². The van der Waals surface area contributed by atoms with Crippen molar-refractivity contribution < 1.29 is 19.0 Å². The van der Waals surface area contributed by atoms with Crippen molar-refractivity contribution >= 4 is 5.78 Å². The van der Waals surface area contributed by atoms with E-state index in [1.165, 1.54) is 0 Å². The summed E-state index contributed by atoms with van der Waals surface area (Å²) < 4.78 is 17.2. The molecule has 4 unspecified atom stereocenters. The lowest BCUT2D eigenvalue weighted by Gasteiger charge is -2.40. The van der Waals surface area contributed by atoms with Gasteiger partial charge in [0.1, 0.15) is 6.10 Å². The van der Waals surface area contributed by atoms with Gasteiger partial charge in [-0.3, -0.25) is 4.79 Å². The Balaban J connectivity index is 1.80. The van der Waals surface area contributed by atoms with Gasteiger partial charge >= 0.3 is 0 Å². The Kier molecular flexibility index (Phi) is 4.76. The molecule has 0 spiro atoms. The van der Waals surface area contributed by atoms with E-state index in [9.17, 15) is 4.79 Å². The molecule has 1 heterocycles. The second kappa shape index (κ2) is 6.13. The molecule has 4 heteroatoms. The Labute approximate surface area is 109 Å². The molecule has 1 aliphatic heterocycles. The Morgan fingerprint density at radius 2 is 1.94 bits per heavy atom. The van der Waals surface area contributed by atoms with Crippen LogP contribution in [0.1, 0.15) is 46.5 Å². The highest BCUT2D eigenvalue weighted by Gasteiger charge is 2.43. The van der Waals surface area contributed by atoms with Crippen molar-refractivity contribution in [2.24, 2.45) is 0 Å². The lowest BCUT2D eigenvalue weighted by molar-refractivity contribution is -0.187. The molecule has 1 saturated heterocycles. The molecule has 2 fully saturated rings. The van der Waals surface area contributed by atoms with Gasteiger partial charge in [0.25, 0.3) is 0 Å². The predicted octanol–water partition coefficient (Wildman–Crippen LogP) is 2.10. The van der Waals surface area contributed by atoms with Crippen LogP contribution in [0, 0.1) is 0 Å². The van der Waals surface area contributed by atoms with Gasteiger partial charge in [0, 0.05) is 13.0 Å². The lowest BCUT2D eigenvalue weighted by Crippen LogP contribution is -2.53. The van der Waals surface area contributed by atoms with E-state index < -0.39 is 0 Å². The Bertz CT molecular complexity index is 282. The zero-order chi connectivity index (χ0) is 13.1. The molecule has 0 aromatic carbocycles. The normalized spacial score (nSPS) is 40.6. The van der Waals surface area contributed by atoms with E-state index in [2.05, 4.69) is 13.8 Å². The molecule has 4 atom stereocenters. The second-order valence-electron chi connectivity index (χ2n) is 5.49. The van der Waals surface area contributed by atoms with Gasteiger partial charge in [0.2, 0.25) is 0 Å². The number of Topliss-reactive ketones (excluding diaryl/α,β-unsaturated/α-hetero) is 1. The number of ketones is 1. The Morgan fingerprint density at radius 3 is 2.50 bits per heavy atom. The zero-order valence-electron chi connectivity index (χ0n) is 11.6. The van der Waals surface area contributed by atoms with Gasteiger partial charge in [-0.1, -0.05) is 6.92 Å². The van der Waals surface area contributed by atoms with Crippen molar-refractivity contribution in [2.75, 3.05) is 6.61 Å². The molecule has 1 saturated carbocycles. The summed E-state index contributed by atoms with van der Waals surface area (Å²) in [4.78, 5) is 11.5. The van der Waals surface area contributed by atoms with Crippen molar-refractivity contribution in [3.63, 3.8) is 0 Å². The summed E-state index contributed by atoms with van der Waals surface area (Å²) in [5.41, 5.74) is 0. The van der Waals surface area contributed by atoms with Crippen LogP contribution in [0.5, 0.6) is 0 Å². The number of hydrogen-bond acceptors (Lipinski definition) is 4. The standard InChI is InChI=1S/C14H24O4/c1-4-5-16-14-12(15)8-13(14)18-11-6-9(2)17-10(3)7-11/h9-11,13-14H,4-8H2,1-3H3. The summed E-state index contributed by atoms with van der Waals surface area (Å²) in [6, 6.07) is 0. The summed E-state index contributed by atoms with van der Waals surface area (Å²) in [6.07, 6.45) is 3.59.